The zero-order valence-electron chi connectivity index (χ0n) is 14.9. The summed E-state index contributed by atoms with van der Waals surface area (Å²) in [6.45, 7) is 8.31. The number of hydrogen-bond acceptors (Lipinski definition) is 7. The SMILES string of the molecule is Cc1nc(N2CCN(S(=O)(=O)c3cccs3)CC2)c2c(C)c(C)sc2n1. The smallest absolute Gasteiger partial charge is 0.252 e. The van der Waals surface area contributed by atoms with Crippen molar-refractivity contribution in [1.82, 2.24) is 14.3 Å². The normalized spacial score (nSPS) is 16.5. The summed E-state index contributed by atoms with van der Waals surface area (Å²) < 4.78 is 27.4. The van der Waals surface area contributed by atoms with E-state index in [1.165, 1.54) is 21.8 Å². The summed E-state index contributed by atoms with van der Waals surface area (Å²) in [7, 11) is -3.38. The third-order valence-corrected chi connectivity index (χ3v) is 9.12. The van der Waals surface area contributed by atoms with Crippen molar-refractivity contribution in [2.75, 3.05) is 31.1 Å². The van der Waals surface area contributed by atoms with Crippen LogP contribution in [0.1, 0.15) is 16.3 Å². The minimum Gasteiger partial charge on any atom is -0.353 e. The summed E-state index contributed by atoms with van der Waals surface area (Å²) in [6.07, 6.45) is 0. The Morgan fingerprint density at radius 1 is 1.08 bits per heavy atom. The van der Waals surface area contributed by atoms with Crippen LogP contribution in [0.5, 0.6) is 0 Å². The predicted octanol–water partition coefficient (Wildman–Crippen LogP) is 3.19. The van der Waals surface area contributed by atoms with Gasteiger partial charge >= 0.3 is 0 Å². The van der Waals surface area contributed by atoms with Crippen LogP contribution in [0.2, 0.25) is 0 Å². The highest BCUT2D eigenvalue weighted by atomic mass is 32.2. The predicted molar refractivity (Wildman–Crippen MR) is 107 cm³/mol. The van der Waals surface area contributed by atoms with Crippen molar-refractivity contribution in [3.05, 3.63) is 33.8 Å². The maximum atomic E-state index is 12.7. The molecule has 0 saturated carbocycles. The molecule has 138 valence electrons. The van der Waals surface area contributed by atoms with Gasteiger partial charge in [-0.25, -0.2) is 18.4 Å². The summed E-state index contributed by atoms with van der Waals surface area (Å²) in [5.74, 6) is 1.69. The zero-order valence-corrected chi connectivity index (χ0v) is 17.3. The van der Waals surface area contributed by atoms with Gasteiger partial charge in [0.25, 0.3) is 10.0 Å². The first-order chi connectivity index (χ1) is 12.4. The number of aromatic nitrogens is 2. The third-order valence-electron chi connectivity index (χ3n) is 4.75. The van der Waals surface area contributed by atoms with Gasteiger partial charge in [-0.15, -0.1) is 22.7 Å². The van der Waals surface area contributed by atoms with Crippen molar-refractivity contribution in [1.29, 1.82) is 0 Å². The lowest BCUT2D eigenvalue weighted by Crippen LogP contribution is -2.48. The first-order valence-electron chi connectivity index (χ1n) is 8.41. The fourth-order valence-electron chi connectivity index (χ4n) is 3.24. The van der Waals surface area contributed by atoms with Gasteiger partial charge in [-0.05, 0) is 37.8 Å². The van der Waals surface area contributed by atoms with Gasteiger partial charge in [0.05, 0.1) is 5.39 Å². The van der Waals surface area contributed by atoms with Gasteiger partial charge in [-0.1, -0.05) is 6.07 Å². The first kappa shape index (κ1) is 17.8. The fourth-order valence-corrected chi connectivity index (χ4v) is 6.87. The highest BCUT2D eigenvalue weighted by Crippen LogP contribution is 2.35. The fraction of sp³-hybridized carbons (Fsp3) is 0.412. The van der Waals surface area contributed by atoms with E-state index in [0.29, 0.717) is 30.4 Å². The Balaban J connectivity index is 1.62. The summed E-state index contributed by atoms with van der Waals surface area (Å²) >= 11 is 2.96. The van der Waals surface area contributed by atoms with E-state index in [1.807, 2.05) is 6.92 Å². The van der Waals surface area contributed by atoms with E-state index in [2.05, 4.69) is 23.7 Å². The second-order valence-corrected chi connectivity index (χ2v) is 10.7. The number of nitrogens with zero attached hydrogens (tertiary/aromatic N) is 4. The Kier molecular flexibility index (Phi) is 4.50. The van der Waals surface area contributed by atoms with Crippen molar-refractivity contribution in [2.45, 2.75) is 25.0 Å². The molecule has 0 bridgehead atoms. The number of fused-ring (bicyclic) bond motifs is 1. The molecule has 0 N–H and O–H groups in total. The summed E-state index contributed by atoms with van der Waals surface area (Å²) in [6, 6.07) is 3.44. The van der Waals surface area contributed by atoms with E-state index in [1.54, 1.807) is 33.2 Å². The van der Waals surface area contributed by atoms with Crippen LogP contribution >= 0.6 is 22.7 Å². The van der Waals surface area contributed by atoms with E-state index in [0.717, 1.165) is 21.9 Å². The number of piperazine rings is 1. The lowest BCUT2D eigenvalue weighted by molar-refractivity contribution is 0.385. The van der Waals surface area contributed by atoms with Gasteiger partial charge < -0.3 is 4.90 Å². The molecular formula is C17H20N4O2S3. The van der Waals surface area contributed by atoms with Gasteiger partial charge in [0.2, 0.25) is 0 Å². The second-order valence-electron chi connectivity index (χ2n) is 6.38. The zero-order chi connectivity index (χ0) is 18.5. The minimum atomic E-state index is -3.38. The lowest BCUT2D eigenvalue weighted by atomic mass is 10.2. The van der Waals surface area contributed by atoms with Crippen LogP contribution in [0, 0.1) is 20.8 Å². The summed E-state index contributed by atoms with van der Waals surface area (Å²) in [4.78, 5) is 13.7. The van der Waals surface area contributed by atoms with E-state index >= 15 is 0 Å². The molecule has 26 heavy (non-hydrogen) atoms. The Bertz CT molecular complexity index is 1050. The Morgan fingerprint density at radius 2 is 1.81 bits per heavy atom. The summed E-state index contributed by atoms with van der Waals surface area (Å²) in [5.41, 5.74) is 1.22. The standard InChI is InChI=1S/C17H20N4O2S3/c1-11-12(2)25-17-15(11)16(18-13(3)19-17)20-6-8-21(9-7-20)26(22,23)14-5-4-10-24-14/h4-5,10H,6-9H2,1-3H3. The van der Waals surface area contributed by atoms with Crippen molar-refractivity contribution in [2.24, 2.45) is 0 Å². The quantitative estimate of drug-likeness (QED) is 0.666. The molecule has 1 fully saturated rings. The molecule has 3 aromatic heterocycles. The molecule has 0 spiro atoms. The maximum absolute atomic E-state index is 12.7. The molecule has 0 radical (unpaired) electrons. The molecule has 9 heteroatoms. The first-order valence-corrected chi connectivity index (χ1v) is 11.5. The lowest BCUT2D eigenvalue weighted by Gasteiger charge is -2.34. The molecule has 0 aliphatic carbocycles. The van der Waals surface area contributed by atoms with Crippen LogP contribution in [0.15, 0.2) is 21.7 Å². The van der Waals surface area contributed by atoms with E-state index in [4.69, 9.17) is 4.98 Å². The van der Waals surface area contributed by atoms with E-state index in [-0.39, 0.29) is 0 Å². The van der Waals surface area contributed by atoms with Crippen molar-refractivity contribution in [3.63, 3.8) is 0 Å². The van der Waals surface area contributed by atoms with Gasteiger partial charge in [-0.2, -0.15) is 4.31 Å². The average molecular weight is 409 g/mol. The molecule has 6 nitrogen and oxygen atoms in total. The highest BCUT2D eigenvalue weighted by molar-refractivity contribution is 7.91. The number of sulfonamides is 1. The summed E-state index contributed by atoms with van der Waals surface area (Å²) in [5, 5.41) is 2.90. The van der Waals surface area contributed by atoms with Crippen LogP contribution in [-0.4, -0.2) is 48.9 Å². The van der Waals surface area contributed by atoms with Crippen molar-refractivity contribution < 1.29 is 8.42 Å². The molecule has 0 amide bonds. The maximum Gasteiger partial charge on any atom is 0.252 e. The number of thiophene rings is 2. The van der Waals surface area contributed by atoms with Crippen molar-refractivity contribution in [3.8, 4) is 0 Å². The Hall–Kier alpha value is -1.55. The molecule has 4 heterocycles. The number of anilines is 1. The topological polar surface area (TPSA) is 66.4 Å². The van der Waals surface area contributed by atoms with Crippen LogP contribution < -0.4 is 4.90 Å². The number of aryl methyl sites for hydroxylation is 3. The second kappa shape index (κ2) is 6.56. The highest BCUT2D eigenvalue weighted by Gasteiger charge is 2.30. The average Bonchev–Trinajstić information content (AvgIpc) is 3.24. The molecule has 0 aromatic carbocycles. The molecular weight excluding hydrogens is 388 g/mol. The van der Waals surface area contributed by atoms with Gasteiger partial charge in [0.1, 0.15) is 20.7 Å². The molecule has 1 aliphatic heterocycles. The van der Waals surface area contributed by atoms with Crippen LogP contribution in [0.25, 0.3) is 10.2 Å². The third kappa shape index (κ3) is 2.92. The Labute approximate surface area is 161 Å². The van der Waals surface area contributed by atoms with E-state index < -0.39 is 10.0 Å². The number of rotatable bonds is 3. The molecule has 1 aliphatic rings. The largest absolute Gasteiger partial charge is 0.353 e. The van der Waals surface area contributed by atoms with Crippen LogP contribution in [0.4, 0.5) is 5.82 Å². The molecule has 0 unspecified atom stereocenters. The van der Waals surface area contributed by atoms with Gasteiger partial charge in [0, 0.05) is 31.1 Å². The molecule has 0 atom stereocenters. The van der Waals surface area contributed by atoms with Crippen LogP contribution in [0.3, 0.4) is 0 Å². The van der Waals surface area contributed by atoms with Crippen molar-refractivity contribution >= 4 is 48.7 Å². The monoisotopic (exact) mass is 408 g/mol. The van der Waals surface area contributed by atoms with E-state index in [9.17, 15) is 8.42 Å². The van der Waals surface area contributed by atoms with Crippen LogP contribution in [-0.2, 0) is 10.0 Å². The molecule has 3 aromatic rings. The van der Waals surface area contributed by atoms with Gasteiger partial charge in [-0.3, -0.25) is 0 Å². The number of hydrogen-bond donors (Lipinski definition) is 0. The minimum absolute atomic E-state index is 0.413. The van der Waals surface area contributed by atoms with Gasteiger partial charge in [0.15, 0.2) is 0 Å². The molecule has 4 rings (SSSR count). The molecule has 1 saturated heterocycles. The Morgan fingerprint density at radius 3 is 2.46 bits per heavy atom.